The molecule has 0 amide bonds. The van der Waals surface area contributed by atoms with Crippen molar-refractivity contribution in [1.29, 1.82) is 0 Å². The molecule has 0 radical (unpaired) electrons. The first kappa shape index (κ1) is 23.4. The van der Waals surface area contributed by atoms with Crippen molar-refractivity contribution in [1.82, 2.24) is 5.32 Å². The van der Waals surface area contributed by atoms with Gasteiger partial charge in [-0.3, -0.25) is 9.59 Å². The summed E-state index contributed by atoms with van der Waals surface area (Å²) in [6.45, 7) is 16.0. The summed E-state index contributed by atoms with van der Waals surface area (Å²) in [5, 5.41) is 2.97. The number of benzene rings is 1. The minimum absolute atomic E-state index is 0.0401. The second-order valence-corrected chi connectivity index (χ2v) is 8.63. The van der Waals surface area contributed by atoms with Crippen LogP contribution in [0.5, 0.6) is 0 Å². The SMILES string of the molecule is C=C(NC(CC(=O)OC(C)(C)C)C(=O)OC(C)(C)C)c1ccc(C(C)=O)cc1. The van der Waals surface area contributed by atoms with Crippen LogP contribution in [-0.2, 0) is 19.1 Å². The van der Waals surface area contributed by atoms with E-state index in [1.165, 1.54) is 6.92 Å². The Morgan fingerprint density at radius 1 is 0.929 bits per heavy atom. The Hall–Kier alpha value is -2.63. The molecule has 0 aromatic heterocycles. The number of ether oxygens (including phenoxy) is 2. The van der Waals surface area contributed by atoms with Gasteiger partial charge in [0.2, 0.25) is 0 Å². The summed E-state index contributed by atoms with van der Waals surface area (Å²) in [6.07, 6.45) is -0.198. The number of hydrogen-bond acceptors (Lipinski definition) is 6. The van der Waals surface area contributed by atoms with Crippen molar-refractivity contribution in [2.24, 2.45) is 0 Å². The molecule has 1 atom stereocenters. The Bertz CT molecular complexity index is 736. The third-order valence-electron chi connectivity index (χ3n) is 3.47. The molecule has 1 aromatic rings. The van der Waals surface area contributed by atoms with Gasteiger partial charge >= 0.3 is 11.9 Å². The average molecular weight is 389 g/mol. The van der Waals surface area contributed by atoms with Crippen molar-refractivity contribution < 1.29 is 23.9 Å². The highest BCUT2D eigenvalue weighted by atomic mass is 16.6. The van der Waals surface area contributed by atoms with Crippen LogP contribution >= 0.6 is 0 Å². The summed E-state index contributed by atoms with van der Waals surface area (Å²) < 4.78 is 10.7. The van der Waals surface area contributed by atoms with E-state index in [0.29, 0.717) is 16.8 Å². The molecule has 154 valence electrons. The van der Waals surface area contributed by atoms with Crippen LogP contribution in [0.15, 0.2) is 30.8 Å². The second kappa shape index (κ2) is 9.04. The number of rotatable bonds is 7. The molecule has 0 saturated carbocycles. The first-order valence-electron chi connectivity index (χ1n) is 9.19. The number of ketones is 1. The maximum atomic E-state index is 12.6. The molecule has 1 unspecified atom stereocenters. The van der Waals surface area contributed by atoms with Gasteiger partial charge in [-0.1, -0.05) is 30.8 Å². The van der Waals surface area contributed by atoms with Crippen molar-refractivity contribution in [3.05, 3.63) is 42.0 Å². The lowest BCUT2D eigenvalue weighted by Gasteiger charge is -2.26. The fourth-order valence-electron chi connectivity index (χ4n) is 2.32. The minimum Gasteiger partial charge on any atom is -0.460 e. The zero-order valence-electron chi connectivity index (χ0n) is 17.8. The molecule has 0 aliphatic heterocycles. The maximum Gasteiger partial charge on any atom is 0.329 e. The van der Waals surface area contributed by atoms with Crippen LogP contribution in [0.25, 0.3) is 5.70 Å². The zero-order valence-corrected chi connectivity index (χ0v) is 17.8. The second-order valence-electron chi connectivity index (χ2n) is 8.63. The highest BCUT2D eigenvalue weighted by Crippen LogP contribution is 2.17. The number of hydrogen-bond donors (Lipinski definition) is 1. The van der Waals surface area contributed by atoms with Gasteiger partial charge in [0.25, 0.3) is 0 Å². The molecule has 0 aliphatic rings. The van der Waals surface area contributed by atoms with Crippen LogP contribution in [0.4, 0.5) is 0 Å². The van der Waals surface area contributed by atoms with Crippen LogP contribution in [0, 0.1) is 0 Å². The number of carbonyl (C=O) groups excluding carboxylic acids is 3. The largest absolute Gasteiger partial charge is 0.460 e. The van der Waals surface area contributed by atoms with Gasteiger partial charge in [0.05, 0.1) is 6.42 Å². The first-order valence-corrected chi connectivity index (χ1v) is 9.19. The highest BCUT2D eigenvalue weighted by Gasteiger charge is 2.30. The lowest BCUT2D eigenvalue weighted by molar-refractivity contribution is -0.164. The Balaban J connectivity index is 2.96. The van der Waals surface area contributed by atoms with Crippen molar-refractivity contribution in [3.8, 4) is 0 Å². The first-order chi connectivity index (χ1) is 12.7. The van der Waals surface area contributed by atoms with Crippen LogP contribution in [0.2, 0.25) is 0 Å². The molecule has 0 saturated heterocycles. The summed E-state index contributed by atoms with van der Waals surface area (Å²) in [6, 6.07) is 5.87. The quantitative estimate of drug-likeness (QED) is 0.563. The molecular formula is C22H31NO5. The zero-order chi connectivity index (χ0) is 21.7. The molecule has 6 heteroatoms. The van der Waals surface area contributed by atoms with Crippen LogP contribution in [-0.4, -0.2) is 35.0 Å². The van der Waals surface area contributed by atoms with E-state index >= 15 is 0 Å². The molecule has 0 aliphatic carbocycles. The van der Waals surface area contributed by atoms with E-state index in [1.807, 2.05) is 0 Å². The van der Waals surface area contributed by atoms with Crippen molar-refractivity contribution in [2.45, 2.75) is 72.1 Å². The van der Waals surface area contributed by atoms with Crippen LogP contribution in [0.1, 0.15) is 70.8 Å². The fraction of sp³-hybridized carbons (Fsp3) is 0.500. The number of esters is 2. The third-order valence-corrected chi connectivity index (χ3v) is 3.47. The van der Waals surface area contributed by atoms with E-state index in [2.05, 4.69) is 11.9 Å². The highest BCUT2D eigenvalue weighted by molar-refractivity contribution is 5.94. The molecule has 0 bridgehead atoms. The van der Waals surface area contributed by atoms with Crippen LogP contribution in [0.3, 0.4) is 0 Å². The predicted molar refractivity (Wildman–Crippen MR) is 109 cm³/mol. The minimum atomic E-state index is -0.950. The Kier molecular flexibility index (Phi) is 7.56. The number of Topliss-reactive ketones (excluding diaryl/α,β-unsaturated/α-hetero) is 1. The Morgan fingerprint density at radius 3 is 1.82 bits per heavy atom. The summed E-state index contributed by atoms with van der Waals surface area (Å²) >= 11 is 0. The monoisotopic (exact) mass is 389 g/mol. The van der Waals surface area contributed by atoms with E-state index in [1.54, 1.807) is 65.8 Å². The lowest BCUT2D eigenvalue weighted by atomic mass is 10.1. The fourth-order valence-corrected chi connectivity index (χ4v) is 2.32. The third kappa shape index (κ3) is 8.37. The van der Waals surface area contributed by atoms with E-state index in [0.717, 1.165) is 0 Å². The van der Waals surface area contributed by atoms with Gasteiger partial charge in [0.1, 0.15) is 17.2 Å². The lowest BCUT2D eigenvalue weighted by Crippen LogP contribution is -2.42. The summed E-state index contributed by atoms with van der Waals surface area (Å²) in [5.41, 5.74) is 0.357. The summed E-state index contributed by atoms with van der Waals surface area (Å²) in [4.78, 5) is 36.2. The van der Waals surface area contributed by atoms with Crippen molar-refractivity contribution in [3.63, 3.8) is 0 Å². The normalized spacial score (nSPS) is 12.7. The van der Waals surface area contributed by atoms with Gasteiger partial charge in [-0.25, -0.2) is 4.79 Å². The van der Waals surface area contributed by atoms with Crippen molar-refractivity contribution >= 4 is 23.4 Å². The molecule has 0 fully saturated rings. The molecule has 0 spiro atoms. The smallest absolute Gasteiger partial charge is 0.329 e. The molecule has 1 aromatic carbocycles. The average Bonchev–Trinajstić information content (AvgIpc) is 2.50. The van der Waals surface area contributed by atoms with E-state index < -0.39 is 29.2 Å². The molecule has 6 nitrogen and oxygen atoms in total. The van der Waals surface area contributed by atoms with Gasteiger partial charge in [-0.05, 0) is 54.0 Å². The summed E-state index contributed by atoms with van der Waals surface area (Å²) in [7, 11) is 0. The number of nitrogens with one attached hydrogen (secondary N) is 1. The molecule has 28 heavy (non-hydrogen) atoms. The Morgan fingerprint density at radius 2 is 1.39 bits per heavy atom. The van der Waals surface area contributed by atoms with E-state index in [4.69, 9.17) is 9.47 Å². The van der Waals surface area contributed by atoms with Crippen LogP contribution < -0.4 is 5.32 Å². The van der Waals surface area contributed by atoms with E-state index in [-0.39, 0.29) is 12.2 Å². The number of carbonyl (C=O) groups is 3. The predicted octanol–water partition coefficient (Wildman–Crippen LogP) is 3.89. The molecule has 0 heterocycles. The standard InChI is InChI=1S/C22H31NO5/c1-14(16-9-11-17(12-10-16)15(2)24)23-18(20(26)28-22(6,7)8)13-19(25)27-21(3,4)5/h9-12,18,23H,1,13H2,2-8H3. The van der Waals surface area contributed by atoms with Gasteiger partial charge in [-0.2, -0.15) is 0 Å². The van der Waals surface area contributed by atoms with Gasteiger partial charge in [0, 0.05) is 11.3 Å². The maximum absolute atomic E-state index is 12.6. The molecular weight excluding hydrogens is 358 g/mol. The summed E-state index contributed by atoms with van der Waals surface area (Å²) in [5.74, 6) is -1.13. The molecule has 1 N–H and O–H groups in total. The topological polar surface area (TPSA) is 81.7 Å². The van der Waals surface area contributed by atoms with Crippen molar-refractivity contribution in [2.75, 3.05) is 0 Å². The van der Waals surface area contributed by atoms with E-state index in [9.17, 15) is 14.4 Å². The van der Waals surface area contributed by atoms with Gasteiger partial charge in [0.15, 0.2) is 5.78 Å². The molecule has 1 rings (SSSR count). The van der Waals surface area contributed by atoms with Gasteiger partial charge in [-0.15, -0.1) is 0 Å². The Labute approximate surface area is 167 Å². The van der Waals surface area contributed by atoms with Gasteiger partial charge < -0.3 is 14.8 Å².